The normalized spacial score (nSPS) is 24.1. The average molecular weight is 234 g/mol. The lowest BCUT2D eigenvalue weighted by molar-refractivity contribution is 0.625. The molecule has 0 saturated carbocycles. The van der Waals surface area contributed by atoms with Crippen molar-refractivity contribution < 1.29 is 0 Å². The molecule has 0 aromatic carbocycles. The molecule has 2 atom stereocenters. The Hall–Kier alpha value is -1.32. The Balaban J connectivity index is 2.38. The number of anilines is 2. The van der Waals surface area contributed by atoms with Gasteiger partial charge < -0.3 is 10.2 Å². The van der Waals surface area contributed by atoms with Gasteiger partial charge in [-0.3, -0.25) is 0 Å². The van der Waals surface area contributed by atoms with Crippen molar-refractivity contribution in [3.05, 3.63) is 11.9 Å². The molecule has 1 aromatic rings. The van der Waals surface area contributed by atoms with Crippen LogP contribution in [0.1, 0.15) is 32.8 Å². The maximum absolute atomic E-state index is 4.50. The molecule has 1 aliphatic rings. The fourth-order valence-corrected chi connectivity index (χ4v) is 2.79. The van der Waals surface area contributed by atoms with Crippen molar-refractivity contribution >= 4 is 11.6 Å². The number of nitrogens with one attached hydrogen (secondary N) is 1. The van der Waals surface area contributed by atoms with Gasteiger partial charge in [0.05, 0.1) is 0 Å². The van der Waals surface area contributed by atoms with E-state index in [9.17, 15) is 0 Å². The first kappa shape index (κ1) is 12.1. The molecule has 94 valence electrons. The first-order chi connectivity index (χ1) is 8.17. The molecule has 4 heteroatoms. The summed E-state index contributed by atoms with van der Waals surface area (Å²) in [6.45, 7) is 7.86. The summed E-state index contributed by atoms with van der Waals surface area (Å²) in [5.41, 5.74) is 1.23. The SMILES string of the molecule is CCc1c(NC)ncnc1N1CC(C)CC1C. The predicted octanol–water partition coefficient (Wildman–Crippen LogP) is 2.32. The molecule has 0 bridgehead atoms. The van der Waals surface area contributed by atoms with Crippen LogP contribution in [0.4, 0.5) is 11.6 Å². The van der Waals surface area contributed by atoms with Gasteiger partial charge in [0.2, 0.25) is 0 Å². The van der Waals surface area contributed by atoms with Crippen LogP contribution in [-0.4, -0.2) is 29.6 Å². The minimum absolute atomic E-state index is 0.579. The highest BCUT2D eigenvalue weighted by molar-refractivity contribution is 5.59. The molecular formula is C13H22N4. The largest absolute Gasteiger partial charge is 0.373 e. The molecule has 0 amide bonds. The van der Waals surface area contributed by atoms with E-state index in [0.717, 1.165) is 30.5 Å². The molecule has 4 nitrogen and oxygen atoms in total. The quantitative estimate of drug-likeness (QED) is 0.871. The first-order valence-electron chi connectivity index (χ1n) is 6.45. The molecule has 1 saturated heterocycles. The Morgan fingerprint density at radius 3 is 2.71 bits per heavy atom. The van der Waals surface area contributed by atoms with Gasteiger partial charge in [-0.2, -0.15) is 0 Å². The zero-order valence-electron chi connectivity index (χ0n) is 11.2. The summed E-state index contributed by atoms with van der Waals surface area (Å²) in [6, 6.07) is 0.579. The zero-order valence-corrected chi connectivity index (χ0v) is 11.2. The van der Waals surface area contributed by atoms with E-state index in [2.05, 4.69) is 41.0 Å². The van der Waals surface area contributed by atoms with Crippen molar-refractivity contribution in [1.82, 2.24) is 9.97 Å². The van der Waals surface area contributed by atoms with Crippen LogP contribution < -0.4 is 10.2 Å². The molecule has 1 N–H and O–H groups in total. The highest BCUT2D eigenvalue weighted by Crippen LogP contribution is 2.31. The summed E-state index contributed by atoms with van der Waals surface area (Å²) in [5, 5.41) is 3.16. The fraction of sp³-hybridized carbons (Fsp3) is 0.692. The second-order valence-corrected chi connectivity index (χ2v) is 4.97. The Bertz CT molecular complexity index is 391. The van der Waals surface area contributed by atoms with E-state index in [-0.39, 0.29) is 0 Å². The van der Waals surface area contributed by atoms with E-state index in [1.165, 1.54) is 12.0 Å². The standard InChI is InChI=1S/C13H22N4/c1-5-11-12(14-4)15-8-16-13(11)17-7-9(2)6-10(17)3/h8-10H,5-7H2,1-4H3,(H,14,15,16). The molecule has 2 unspecified atom stereocenters. The predicted molar refractivity (Wildman–Crippen MR) is 71.5 cm³/mol. The molecule has 0 radical (unpaired) electrons. The number of hydrogen-bond acceptors (Lipinski definition) is 4. The lowest BCUT2D eigenvalue weighted by Gasteiger charge is -2.25. The minimum atomic E-state index is 0.579. The van der Waals surface area contributed by atoms with Crippen LogP contribution in [0.3, 0.4) is 0 Å². The third-order valence-corrected chi connectivity index (χ3v) is 3.57. The number of rotatable bonds is 3. The molecule has 1 fully saturated rings. The summed E-state index contributed by atoms with van der Waals surface area (Å²) in [4.78, 5) is 11.2. The second-order valence-electron chi connectivity index (χ2n) is 4.97. The van der Waals surface area contributed by atoms with E-state index in [1.807, 2.05) is 7.05 Å². The molecule has 2 heterocycles. The van der Waals surface area contributed by atoms with Crippen LogP contribution in [0.15, 0.2) is 6.33 Å². The van der Waals surface area contributed by atoms with Crippen LogP contribution in [0.2, 0.25) is 0 Å². The van der Waals surface area contributed by atoms with Crippen molar-refractivity contribution in [2.45, 2.75) is 39.7 Å². The van der Waals surface area contributed by atoms with Gasteiger partial charge in [0.15, 0.2) is 0 Å². The van der Waals surface area contributed by atoms with Crippen molar-refractivity contribution in [3.8, 4) is 0 Å². The van der Waals surface area contributed by atoms with Crippen molar-refractivity contribution in [2.75, 3.05) is 23.8 Å². The highest BCUT2D eigenvalue weighted by atomic mass is 15.2. The Morgan fingerprint density at radius 2 is 2.18 bits per heavy atom. The third-order valence-electron chi connectivity index (χ3n) is 3.57. The van der Waals surface area contributed by atoms with Crippen molar-refractivity contribution in [1.29, 1.82) is 0 Å². The maximum Gasteiger partial charge on any atom is 0.137 e. The summed E-state index contributed by atoms with van der Waals surface area (Å²) in [5.74, 6) is 2.83. The molecule has 1 aliphatic heterocycles. The number of aromatic nitrogens is 2. The van der Waals surface area contributed by atoms with E-state index >= 15 is 0 Å². The van der Waals surface area contributed by atoms with E-state index in [4.69, 9.17) is 0 Å². The van der Waals surface area contributed by atoms with Gasteiger partial charge in [-0.25, -0.2) is 9.97 Å². The van der Waals surface area contributed by atoms with Gasteiger partial charge in [0.1, 0.15) is 18.0 Å². The number of nitrogens with zero attached hydrogens (tertiary/aromatic N) is 3. The van der Waals surface area contributed by atoms with Gasteiger partial charge in [0.25, 0.3) is 0 Å². The van der Waals surface area contributed by atoms with Gasteiger partial charge in [-0.15, -0.1) is 0 Å². The Labute approximate surface area is 103 Å². The monoisotopic (exact) mass is 234 g/mol. The number of hydrogen-bond donors (Lipinski definition) is 1. The van der Waals surface area contributed by atoms with Crippen LogP contribution in [0.5, 0.6) is 0 Å². The topological polar surface area (TPSA) is 41.1 Å². The van der Waals surface area contributed by atoms with Crippen LogP contribution in [0, 0.1) is 5.92 Å². The molecule has 17 heavy (non-hydrogen) atoms. The summed E-state index contributed by atoms with van der Waals surface area (Å²) in [6.07, 6.45) is 3.88. The summed E-state index contributed by atoms with van der Waals surface area (Å²) in [7, 11) is 1.92. The smallest absolute Gasteiger partial charge is 0.137 e. The van der Waals surface area contributed by atoms with Gasteiger partial charge in [-0.05, 0) is 25.7 Å². The molecule has 0 aliphatic carbocycles. The van der Waals surface area contributed by atoms with Crippen LogP contribution in [0.25, 0.3) is 0 Å². The third kappa shape index (κ3) is 2.21. The zero-order chi connectivity index (χ0) is 12.4. The minimum Gasteiger partial charge on any atom is -0.373 e. The Kier molecular flexibility index (Phi) is 3.50. The van der Waals surface area contributed by atoms with Crippen LogP contribution in [-0.2, 0) is 6.42 Å². The van der Waals surface area contributed by atoms with Gasteiger partial charge in [-0.1, -0.05) is 13.8 Å². The van der Waals surface area contributed by atoms with E-state index < -0.39 is 0 Å². The lowest BCUT2D eigenvalue weighted by atomic mass is 10.1. The second kappa shape index (κ2) is 4.90. The van der Waals surface area contributed by atoms with Crippen molar-refractivity contribution in [2.24, 2.45) is 5.92 Å². The van der Waals surface area contributed by atoms with Crippen LogP contribution >= 0.6 is 0 Å². The molecular weight excluding hydrogens is 212 g/mol. The lowest BCUT2D eigenvalue weighted by Crippen LogP contribution is -2.29. The summed E-state index contributed by atoms with van der Waals surface area (Å²) >= 11 is 0. The first-order valence-corrected chi connectivity index (χ1v) is 6.45. The summed E-state index contributed by atoms with van der Waals surface area (Å²) < 4.78 is 0. The average Bonchev–Trinajstić information content (AvgIpc) is 2.67. The van der Waals surface area contributed by atoms with Gasteiger partial charge in [0, 0.05) is 25.2 Å². The van der Waals surface area contributed by atoms with E-state index in [1.54, 1.807) is 6.33 Å². The molecule has 0 spiro atoms. The van der Waals surface area contributed by atoms with Crippen molar-refractivity contribution in [3.63, 3.8) is 0 Å². The van der Waals surface area contributed by atoms with Gasteiger partial charge >= 0.3 is 0 Å². The molecule has 1 aromatic heterocycles. The molecule has 2 rings (SSSR count). The Morgan fingerprint density at radius 1 is 1.41 bits per heavy atom. The van der Waals surface area contributed by atoms with E-state index in [0.29, 0.717) is 6.04 Å². The fourth-order valence-electron chi connectivity index (χ4n) is 2.79. The highest BCUT2D eigenvalue weighted by Gasteiger charge is 2.29. The maximum atomic E-state index is 4.50.